The quantitative estimate of drug-likeness (QED) is 0.0351. The van der Waals surface area contributed by atoms with Gasteiger partial charge >= 0.3 is 0 Å². The molecule has 0 saturated heterocycles. The van der Waals surface area contributed by atoms with Crippen LogP contribution in [0.2, 0.25) is 0 Å². The number of carbonyl (C=O) groups is 4. The number of hydrogen-bond acceptors (Lipinski definition) is 8. The highest BCUT2D eigenvalue weighted by Gasteiger charge is 2.25. The number of hydrogen-bond donors (Lipinski definition) is 0. The highest BCUT2D eigenvalue weighted by atomic mass is 16.5. The Bertz CT molecular complexity index is 3430. The van der Waals surface area contributed by atoms with E-state index in [1.165, 1.54) is 0 Å². The summed E-state index contributed by atoms with van der Waals surface area (Å²) in [5, 5.41) is 0. The van der Waals surface area contributed by atoms with Gasteiger partial charge in [-0.3, -0.25) is 19.2 Å². The normalized spacial score (nSPS) is 12.1. The SMILES string of the molecule is CCCCOc1c2cc(/C=C/C(=O)N(C)c3ccccc3)cc1Cc1cc(/C=C/C(=O)N(C)c3ccccc3)cc(c1OCCCC)Cc1cc(/C=C/C(=O)N(C)c3ccccc3)cc(c1OCCCC)Cc1cc(/C=C/C(=O)N(C)c3ccccc3)cc(c1OCCCC)C2. The molecule has 0 fully saturated rings. The maximum atomic E-state index is 14.2. The standard InChI is InChI=1S/C84H92N4O8/c1-9-13-45-93-81-65-49-61(37-41-77(89)85(5)73-29-21-17-22-30-73)50-66(81)58-68-52-63(39-43-79(91)87(7)75-33-25-19-26-34-75)54-70(83(68)95-47-15-11-3)60-72-56-64(40-44-80(92)88(8)76-35-27-20-28-36-76)55-71(84(72)96-48-16-12-4)59-69-53-62(51-67(57-65)82(69)94-46-14-10-2)38-42-78(90)86(6)74-31-23-18-24-32-74/h17-44,49-56H,9-16,45-48,57-60H2,1-8H3/b41-37+,42-38+,43-39+,44-40+. The second-order valence-electron chi connectivity index (χ2n) is 24.5. The maximum Gasteiger partial charge on any atom is 0.250 e. The summed E-state index contributed by atoms with van der Waals surface area (Å²) in [6.07, 6.45) is 22.2. The number of anilines is 4. The highest BCUT2D eigenvalue weighted by molar-refractivity contribution is 6.05. The summed E-state index contributed by atoms with van der Waals surface area (Å²) in [4.78, 5) is 63.3. The number of likely N-dealkylation sites (N-methyl/N-ethyl adjacent to an activating group) is 4. The molecule has 0 saturated carbocycles. The first-order valence-electron chi connectivity index (χ1n) is 33.9. The van der Waals surface area contributed by atoms with Crippen LogP contribution in [0, 0.1) is 0 Å². The van der Waals surface area contributed by atoms with Gasteiger partial charge in [0.1, 0.15) is 23.0 Å². The van der Waals surface area contributed by atoms with Gasteiger partial charge in [-0.25, -0.2) is 0 Å². The van der Waals surface area contributed by atoms with Gasteiger partial charge in [0.2, 0.25) is 0 Å². The van der Waals surface area contributed by atoms with Gasteiger partial charge in [0.25, 0.3) is 23.6 Å². The number of benzene rings is 8. The van der Waals surface area contributed by atoms with E-state index in [0.717, 1.165) is 141 Å². The van der Waals surface area contributed by atoms with Crippen molar-refractivity contribution in [2.75, 3.05) is 74.2 Å². The first-order chi connectivity index (χ1) is 46.7. The van der Waals surface area contributed by atoms with Gasteiger partial charge in [-0.15, -0.1) is 0 Å². The Morgan fingerprint density at radius 1 is 0.302 bits per heavy atom. The van der Waals surface area contributed by atoms with Crippen molar-refractivity contribution >= 4 is 70.7 Å². The van der Waals surface area contributed by atoms with Crippen molar-refractivity contribution in [2.24, 2.45) is 0 Å². The Balaban J connectivity index is 1.34. The van der Waals surface area contributed by atoms with Crippen LogP contribution in [0.1, 0.15) is 146 Å². The summed E-state index contributed by atoms with van der Waals surface area (Å²) < 4.78 is 28.5. The first kappa shape index (κ1) is 70.1. The van der Waals surface area contributed by atoms with Crippen LogP contribution in [-0.2, 0) is 44.9 Å². The molecule has 0 aliphatic heterocycles. The molecule has 96 heavy (non-hydrogen) atoms. The molecule has 0 N–H and O–H groups in total. The Morgan fingerprint density at radius 2 is 0.479 bits per heavy atom. The van der Waals surface area contributed by atoms with E-state index in [0.29, 0.717) is 75.1 Å². The number of nitrogens with zero attached hydrogens (tertiary/aromatic N) is 4. The van der Waals surface area contributed by atoms with Gasteiger partial charge in [0.05, 0.1) is 26.4 Å². The predicted octanol–water partition coefficient (Wildman–Crippen LogP) is 17.8. The fraction of sp³-hybridized carbons (Fsp3) is 0.286. The summed E-state index contributed by atoms with van der Waals surface area (Å²) in [6, 6.07) is 55.3. The third-order valence-electron chi connectivity index (χ3n) is 17.1. The van der Waals surface area contributed by atoms with Gasteiger partial charge < -0.3 is 38.5 Å². The van der Waals surface area contributed by atoms with Crippen LogP contribution >= 0.6 is 0 Å². The second-order valence-corrected chi connectivity index (χ2v) is 24.5. The minimum atomic E-state index is -0.195. The number of carbonyl (C=O) groups excluding carboxylic acids is 4. The van der Waals surface area contributed by atoms with Crippen molar-refractivity contribution in [3.63, 3.8) is 0 Å². The van der Waals surface area contributed by atoms with Crippen LogP contribution in [-0.4, -0.2) is 78.2 Å². The Morgan fingerprint density at radius 3 is 0.646 bits per heavy atom. The molecule has 1 aliphatic carbocycles. The van der Waals surface area contributed by atoms with Gasteiger partial charge in [-0.1, -0.05) is 126 Å². The lowest BCUT2D eigenvalue weighted by Crippen LogP contribution is -2.23. The van der Waals surface area contributed by atoms with Crippen LogP contribution in [0.15, 0.2) is 194 Å². The molecular weight excluding hydrogens is 1190 g/mol. The van der Waals surface area contributed by atoms with Crippen molar-refractivity contribution in [3.8, 4) is 23.0 Å². The topological polar surface area (TPSA) is 118 Å². The number of ether oxygens (including phenoxy) is 4. The lowest BCUT2D eigenvalue weighted by Gasteiger charge is -2.24. The molecule has 496 valence electrons. The lowest BCUT2D eigenvalue weighted by atomic mass is 9.88. The zero-order valence-corrected chi connectivity index (χ0v) is 57.2. The van der Waals surface area contributed by atoms with Gasteiger partial charge in [0.15, 0.2) is 0 Å². The Hall–Kier alpha value is -10.2. The molecule has 8 aromatic carbocycles. The summed E-state index contributed by atoms with van der Waals surface area (Å²) in [5.41, 5.74) is 13.2. The summed E-state index contributed by atoms with van der Waals surface area (Å²) in [6.45, 7) is 10.4. The molecule has 0 radical (unpaired) electrons. The average Bonchev–Trinajstić information content (AvgIpc) is 0.788. The highest BCUT2D eigenvalue weighted by Crippen LogP contribution is 2.42. The van der Waals surface area contributed by atoms with E-state index < -0.39 is 0 Å². The summed E-state index contributed by atoms with van der Waals surface area (Å²) in [5.74, 6) is 2.07. The van der Waals surface area contributed by atoms with E-state index in [9.17, 15) is 19.2 Å². The van der Waals surface area contributed by atoms with Crippen LogP contribution in [0.25, 0.3) is 24.3 Å². The molecule has 0 unspecified atom stereocenters. The summed E-state index contributed by atoms with van der Waals surface area (Å²) >= 11 is 0. The number of amides is 4. The second kappa shape index (κ2) is 35.3. The molecule has 1 aliphatic rings. The van der Waals surface area contributed by atoms with Gasteiger partial charge in [-0.05, 0) is 214 Å². The van der Waals surface area contributed by atoms with E-state index in [-0.39, 0.29) is 23.6 Å². The molecule has 0 spiro atoms. The molecule has 9 rings (SSSR count). The van der Waals surface area contributed by atoms with Crippen molar-refractivity contribution < 1.29 is 38.1 Å². The average molecular weight is 1290 g/mol. The molecule has 8 bridgehead atoms. The lowest BCUT2D eigenvalue weighted by molar-refractivity contribution is -0.114. The van der Waals surface area contributed by atoms with E-state index in [1.54, 1.807) is 72.1 Å². The largest absolute Gasteiger partial charge is 0.493 e. The fourth-order valence-electron chi connectivity index (χ4n) is 11.6. The third-order valence-corrected chi connectivity index (χ3v) is 17.1. The molecule has 12 heteroatoms. The van der Waals surface area contributed by atoms with Gasteiger partial charge in [0, 0.05) is 101 Å². The Labute approximate surface area is 568 Å². The van der Waals surface area contributed by atoms with Gasteiger partial charge in [-0.2, -0.15) is 0 Å². The van der Waals surface area contributed by atoms with E-state index in [2.05, 4.69) is 76.2 Å². The van der Waals surface area contributed by atoms with Crippen LogP contribution in [0.5, 0.6) is 23.0 Å². The Kier molecular flexibility index (Phi) is 25.8. The van der Waals surface area contributed by atoms with Crippen molar-refractivity contribution in [3.05, 3.63) is 261 Å². The third kappa shape index (κ3) is 19.0. The van der Waals surface area contributed by atoms with Crippen molar-refractivity contribution in [2.45, 2.75) is 105 Å². The zero-order chi connectivity index (χ0) is 67.8. The molecule has 12 nitrogen and oxygen atoms in total. The zero-order valence-electron chi connectivity index (χ0n) is 57.2. The van der Waals surface area contributed by atoms with Crippen LogP contribution in [0.4, 0.5) is 22.7 Å². The molecular formula is C84H92N4O8. The minimum Gasteiger partial charge on any atom is -0.493 e. The van der Waals surface area contributed by atoms with Crippen LogP contribution < -0.4 is 38.5 Å². The monoisotopic (exact) mass is 1280 g/mol. The smallest absolute Gasteiger partial charge is 0.250 e. The van der Waals surface area contributed by atoms with E-state index in [4.69, 9.17) is 18.9 Å². The number of fused-ring (bicyclic) bond motifs is 8. The number of para-hydroxylation sites is 4. The predicted molar refractivity (Wildman–Crippen MR) is 394 cm³/mol. The fourth-order valence-corrected chi connectivity index (χ4v) is 11.6. The van der Waals surface area contributed by atoms with E-state index >= 15 is 0 Å². The van der Waals surface area contributed by atoms with E-state index in [1.807, 2.05) is 146 Å². The molecule has 0 aromatic heterocycles. The van der Waals surface area contributed by atoms with Crippen molar-refractivity contribution in [1.29, 1.82) is 0 Å². The summed E-state index contributed by atoms with van der Waals surface area (Å²) in [7, 11) is 7.10. The number of unbranched alkanes of at least 4 members (excludes halogenated alkanes) is 4. The van der Waals surface area contributed by atoms with Crippen LogP contribution in [0.3, 0.4) is 0 Å². The minimum absolute atomic E-state index is 0.195. The van der Waals surface area contributed by atoms with Crippen molar-refractivity contribution in [1.82, 2.24) is 0 Å². The molecule has 0 atom stereocenters. The molecule has 8 aromatic rings. The molecule has 0 heterocycles. The molecule has 4 amide bonds. The first-order valence-corrected chi connectivity index (χ1v) is 33.9. The maximum absolute atomic E-state index is 14.2. The number of rotatable bonds is 28.